The molecule has 0 aliphatic carbocycles. The van der Waals surface area contributed by atoms with E-state index in [2.05, 4.69) is 5.32 Å². The molecule has 0 aliphatic rings. The minimum atomic E-state index is -0.316. The van der Waals surface area contributed by atoms with Crippen LogP contribution in [-0.2, 0) is 6.54 Å². The van der Waals surface area contributed by atoms with E-state index in [0.717, 1.165) is 4.88 Å². The van der Waals surface area contributed by atoms with Crippen molar-refractivity contribution in [3.05, 3.63) is 70.4 Å². The summed E-state index contributed by atoms with van der Waals surface area (Å²) in [5.74, 6) is 1.09. The van der Waals surface area contributed by atoms with Gasteiger partial charge < -0.3 is 20.5 Å². The predicted octanol–water partition coefficient (Wildman–Crippen LogP) is 4.16. The summed E-state index contributed by atoms with van der Waals surface area (Å²) in [4.78, 5) is 23.9. The highest BCUT2D eigenvalue weighted by Crippen LogP contribution is 2.34. The third kappa shape index (κ3) is 3.72. The number of benzene rings is 2. The van der Waals surface area contributed by atoms with Gasteiger partial charge in [0.15, 0.2) is 5.65 Å². The second kappa shape index (κ2) is 8.44. The number of thiophene rings is 1. The molecule has 2 aromatic carbocycles. The van der Waals surface area contributed by atoms with E-state index in [1.807, 2.05) is 53.9 Å². The summed E-state index contributed by atoms with van der Waals surface area (Å²) < 4.78 is 12.6. The van der Waals surface area contributed by atoms with Crippen LogP contribution in [0.2, 0.25) is 0 Å². The van der Waals surface area contributed by atoms with Gasteiger partial charge in [-0.1, -0.05) is 18.2 Å². The van der Waals surface area contributed by atoms with E-state index < -0.39 is 0 Å². The first-order chi connectivity index (χ1) is 16.1. The molecule has 0 aliphatic heterocycles. The van der Waals surface area contributed by atoms with Crippen molar-refractivity contribution in [2.24, 2.45) is 0 Å². The minimum Gasteiger partial charge on any atom is -0.497 e. The predicted molar refractivity (Wildman–Crippen MR) is 129 cm³/mol. The number of ether oxygens (including phenoxy) is 2. The monoisotopic (exact) mass is 459 g/mol. The van der Waals surface area contributed by atoms with Crippen LogP contribution < -0.4 is 20.5 Å². The number of hydrogen-bond donors (Lipinski definition) is 2. The van der Waals surface area contributed by atoms with Gasteiger partial charge in [-0.2, -0.15) is 0 Å². The van der Waals surface area contributed by atoms with E-state index in [4.69, 9.17) is 25.2 Å². The first-order valence-electron chi connectivity index (χ1n) is 10.2. The van der Waals surface area contributed by atoms with Crippen molar-refractivity contribution >= 4 is 45.3 Å². The molecule has 9 heteroatoms. The molecule has 0 radical (unpaired) electrons. The lowest BCUT2D eigenvalue weighted by Crippen LogP contribution is -2.23. The normalized spacial score (nSPS) is 11.1. The number of nitrogens with one attached hydrogen (secondary N) is 1. The number of methoxy groups -OCH3 is 2. The zero-order valence-electron chi connectivity index (χ0n) is 18.0. The van der Waals surface area contributed by atoms with E-state index in [9.17, 15) is 4.79 Å². The van der Waals surface area contributed by atoms with Crippen molar-refractivity contribution in [3.8, 4) is 17.2 Å². The van der Waals surface area contributed by atoms with E-state index in [1.165, 1.54) is 0 Å². The topological polar surface area (TPSA) is 104 Å². The summed E-state index contributed by atoms with van der Waals surface area (Å²) in [5, 5.41) is 4.92. The number of aromatic nitrogens is 3. The molecule has 3 aromatic heterocycles. The molecule has 3 N–H and O–H groups in total. The van der Waals surface area contributed by atoms with E-state index in [0.29, 0.717) is 45.9 Å². The highest BCUT2D eigenvalue weighted by molar-refractivity contribution is 7.09. The van der Waals surface area contributed by atoms with Crippen LogP contribution in [0.15, 0.2) is 60.0 Å². The Hall–Kier alpha value is -4.11. The zero-order valence-corrected chi connectivity index (χ0v) is 18.8. The van der Waals surface area contributed by atoms with Crippen LogP contribution in [0.4, 0.5) is 5.82 Å². The van der Waals surface area contributed by atoms with Gasteiger partial charge >= 0.3 is 0 Å². The third-order valence-electron chi connectivity index (χ3n) is 5.32. The van der Waals surface area contributed by atoms with Gasteiger partial charge in [0.2, 0.25) is 0 Å². The number of rotatable bonds is 6. The number of para-hydroxylation sites is 2. The number of nitrogen functional groups attached to an aromatic ring is 1. The average Bonchev–Trinajstić information content (AvgIpc) is 3.46. The van der Waals surface area contributed by atoms with Gasteiger partial charge in [0.25, 0.3) is 5.91 Å². The molecule has 1 amide bonds. The van der Waals surface area contributed by atoms with Crippen LogP contribution in [0.3, 0.4) is 0 Å². The highest BCUT2D eigenvalue weighted by Gasteiger charge is 2.25. The molecule has 0 saturated carbocycles. The maximum atomic E-state index is 13.3. The number of nitrogens with zero attached hydrogens (tertiary/aromatic N) is 3. The SMILES string of the molecule is COc1cc(OC)cc(-n2c(N)c(C(=O)NCc3cccs3)c3nc4ccccc4nc32)c1. The fourth-order valence-electron chi connectivity index (χ4n) is 3.74. The van der Waals surface area contributed by atoms with Gasteiger partial charge in [0.05, 0.1) is 37.5 Å². The Bertz CT molecular complexity index is 1450. The number of amides is 1. The fourth-order valence-corrected chi connectivity index (χ4v) is 4.38. The first kappa shape index (κ1) is 20.8. The van der Waals surface area contributed by atoms with Gasteiger partial charge in [-0.25, -0.2) is 9.97 Å². The largest absolute Gasteiger partial charge is 0.497 e. The molecule has 5 rings (SSSR count). The van der Waals surface area contributed by atoms with Crippen LogP contribution in [-0.4, -0.2) is 34.7 Å². The molecule has 5 aromatic rings. The van der Waals surface area contributed by atoms with Crippen LogP contribution in [0.1, 0.15) is 15.2 Å². The number of nitrogens with two attached hydrogens (primary N) is 1. The van der Waals surface area contributed by atoms with E-state index >= 15 is 0 Å². The number of fused-ring (bicyclic) bond motifs is 2. The maximum Gasteiger partial charge on any atom is 0.257 e. The minimum absolute atomic E-state index is 0.235. The molecule has 33 heavy (non-hydrogen) atoms. The van der Waals surface area contributed by atoms with Crippen molar-refractivity contribution in [1.29, 1.82) is 0 Å². The molecular formula is C24H21N5O3S. The smallest absolute Gasteiger partial charge is 0.257 e. The van der Waals surface area contributed by atoms with Gasteiger partial charge in [-0.05, 0) is 23.6 Å². The summed E-state index contributed by atoms with van der Waals surface area (Å²) in [6.45, 7) is 0.399. The summed E-state index contributed by atoms with van der Waals surface area (Å²) in [6, 6.07) is 16.8. The Kier molecular flexibility index (Phi) is 5.31. The second-order valence-electron chi connectivity index (χ2n) is 7.31. The number of carbonyl (C=O) groups excluding carboxylic acids is 1. The molecule has 166 valence electrons. The summed E-state index contributed by atoms with van der Waals surface area (Å²) in [7, 11) is 3.15. The Morgan fingerprint density at radius 3 is 2.36 bits per heavy atom. The molecule has 3 heterocycles. The van der Waals surface area contributed by atoms with Crippen molar-refractivity contribution in [1.82, 2.24) is 19.9 Å². The summed E-state index contributed by atoms with van der Waals surface area (Å²) >= 11 is 1.57. The lowest BCUT2D eigenvalue weighted by molar-refractivity contribution is 0.0953. The quantitative estimate of drug-likeness (QED) is 0.395. The standard InChI is InChI=1S/C24H21N5O3S/c1-31-15-10-14(11-16(12-15)32-2)29-22(25)20(24(30)26-13-17-6-5-9-33-17)21-23(29)28-19-8-4-3-7-18(19)27-21/h3-12H,13,25H2,1-2H3,(H,26,30). The molecule has 0 unspecified atom stereocenters. The summed E-state index contributed by atoms with van der Waals surface area (Å²) in [6.07, 6.45) is 0. The lowest BCUT2D eigenvalue weighted by Gasteiger charge is -2.12. The van der Waals surface area contributed by atoms with E-state index in [1.54, 1.807) is 36.2 Å². The highest BCUT2D eigenvalue weighted by atomic mass is 32.1. The van der Waals surface area contributed by atoms with Crippen molar-refractivity contribution in [3.63, 3.8) is 0 Å². The van der Waals surface area contributed by atoms with Crippen LogP contribution in [0, 0.1) is 0 Å². The van der Waals surface area contributed by atoms with Crippen LogP contribution >= 0.6 is 11.3 Å². The fraction of sp³-hybridized carbons (Fsp3) is 0.125. The molecule has 0 fully saturated rings. The van der Waals surface area contributed by atoms with Gasteiger partial charge in [0.1, 0.15) is 28.4 Å². The van der Waals surface area contributed by atoms with Crippen molar-refractivity contribution < 1.29 is 14.3 Å². The number of hydrogen-bond acceptors (Lipinski definition) is 7. The van der Waals surface area contributed by atoms with Gasteiger partial charge in [-0.15, -0.1) is 11.3 Å². The molecule has 8 nitrogen and oxygen atoms in total. The molecule has 0 spiro atoms. The molecule has 0 saturated heterocycles. The third-order valence-corrected chi connectivity index (χ3v) is 6.20. The Labute approximate surface area is 193 Å². The Balaban J connectivity index is 1.73. The first-order valence-corrected chi connectivity index (χ1v) is 11.1. The van der Waals surface area contributed by atoms with Crippen LogP contribution in [0.25, 0.3) is 27.9 Å². The number of carbonyl (C=O) groups is 1. The Morgan fingerprint density at radius 2 is 1.73 bits per heavy atom. The number of anilines is 1. The molecule has 0 atom stereocenters. The lowest BCUT2D eigenvalue weighted by atomic mass is 10.2. The van der Waals surface area contributed by atoms with Gasteiger partial charge in [0, 0.05) is 23.1 Å². The van der Waals surface area contributed by atoms with Crippen molar-refractivity contribution in [2.45, 2.75) is 6.54 Å². The van der Waals surface area contributed by atoms with E-state index in [-0.39, 0.29) is 17.3 Å². The van der Waals surface area contributed by atoms with Gasteiger partial charge in [-0.3, -0.25) is 9.36 Å². The average molecular weight is 460 g/mol. The zero-order chi connectivity index (χ0) is 22.9. The summed E-state index contributed by atoms with van der Waals surface area (Å²) in [5.41, 5.74) is 9.79. The maximum absolute atomic E-state index is 13.3. The van der Waals surface area contributed by atoms with Crippen molar-refractivity contribution in [2.75, 3.05) is 20.0 Å². The molecule has 0 bridgehead atoms. The van der Waals surface area contributed by atoms with Crippen LogP contribution in [0.5, 0.6) is 11.5 Å². The molecular weight excluding hydrogens is 438 g/mol. The Morgan fingerprint density at radius 1 is 1.03 bits per heavy atom. The second-order valence-corrected chi connectivity index (χ2v) is 8.35.